The Morgan fingerprint density at radius 1 is 1.73 bits per heavy atom. The molecular weight excluding hydrogens is 192 g/mol. The Hall–Kier alpha value is -1.36. The molecule has 0 saturated carbocycles. The van der Waals surface area contributed by atoms with Crippen LogP contribution in [-0.2, 0) is 11.8 Å². The average Bonchev–Trinajstić information content (AvgIpc) is 2.60. The first-order valence-electron chi connectivity index (χ1n) is 5.18. The molecule has 0 fully saturated rings. The van der Waals surface area contributed by atoms with E-state index in [0.29, 0.717) is 12.4 Å². The van der Waals surface area contributed by atoms with Crippen molar-refractivity contribution in [1.29, 1.82) is 0 Å². The van der Waals surface area contributed by atoms with Crippen molar-refractivity contribution >= 4 is 11.7 Å². The van der Waals surface area contributed by atoms with Gasteiger partial charge in [0.1, 0.15) is 5.82 Å². The molecule has 1 atom stereocenters. The van der Waals surface area contributed by atoms with E-state index in [4.69, 9.17) is 5.73 Å². The van der Waals surface area contributed by atoms with Crippen LogP contribution < -0.4 is 11.1 Å². The van der Waals surface area contributed by atoms with Gasteiger partial charge in [0.05, 0.1) is 12.1 Å². The third kappa shape index (κ3) is 3.06. The zero-order chi connectivity index (χ0) is 11.3. The Morgan fingerprint density at radius 2 is 2.47 bits per heavy atom. The summed E-state index contributed by atoms with van der Waals surface area (Å²) in [6, 6.07) is 1.76. The molecule has 1 amide bonds. The standard InChI is InChI=1S/C10H18N4O/c1-3-4-8(7-11)10(15)13-9-5-6-12-14(9)2/h5-6,8H,3-4,7,11H2,1-2H3,(H,13,15). The van der Waals surface area contributed by atoms with E-state index in [1.54, 1.807) is 24.0 Å². The molecule has 3 N–H and O–H groups in total. The Morgan fingerprint density at radius 3 is 2.93 bits per heavy atom. The summed E-state index contributed by atoms with van der Waals surface area (Å²) < 4.78 is 1.62. The minimum atomic E-state index is -0.107. The first-order chi connectivity index (χ1) is 7.19. The van der Waals surface area contributed by atoms with E-state index < -0.39 is 0 Å². The summed E-state index contributed by atoms with van der Waals surface area (Å²) in [5.41, 5.74) is 5.54. The number of nitrogens with two attached hydrogens (primary N) is 1. The van der Waals surface area contributed by atoms with Crippen LogP contribution in [0.2, 0.25) is 0 Å². The van der Waals surface area contributed by atoms with Gasteiger partial charge in [-0.1, -0.05) is 13.3 Å². The van der Waals surface area contributed by atoms with E-state index in [2.05, 4.69) is 10.4 Å². The summed E-state index contributed by atoms with van der Waals surface area (Å²) in [5, 5.41) is 6.78. The van der Waals surface area contributed by atoms with E-state index >= 15 is 0 Å². The molecule has 0 aliphatic heterocycles. The number of anilines is 1. The fourth-order valence-electron chi connectivity index (χ4n) is 1.43. The summed E-state index contributed by atoms with van der Waals surface area (Å²) in [6.45, 7) is 2.43. The second kappa shape index (κ2) is 5.50. The fourth-order valence-corrected chi connectivity index (χ4v) is 1.43. The Balaban J connectivity index is 2.58. The fraction of sp³-hybridized carbons (Fsp3) is 0.600. The highest BCUT2D eigenvalue weighted by molar-refractivity contribution is 5.91. The molecule has 0 aliphatic carbocycles. The van der Waals surface area contributed by atoms with Crippen molar-refractivity contribution in [2.24, 2.45) is 18.7 Å². The minimum Gasteiger partial charge on any atom is -0.330 e. The molecule has 0 aliphatic rings. The van der Waals surface area contributed by atoms with Crippen molar-refractivity contribution in [3.63, 3.8) is 0 Å². The number of aryl methyl sites for hydroxylation is 1. The van der Waals surface area contributed by atoms with Crippen molar-refractivity contribution in [3.05, 3.63) is 12.3 Å². The van der Waals surface area contributed by atoms with E-state index in [1.165, 1.54) is 0 Å². The molecule has 1 aromatic heterocycles. The van der Waals surface area contributed by atoms with Gasteiger partial charge in [0.15, 0.2) is 0 Å². The molecule has 0 radical (unpaired) electrons. The number of rotatable bonds is 5. The SMILES string of the molecule is CCCC(CN)C(=O)Nc1ccnn1C. The van der Waals surface area contributed by atoms with Gasteiger partial charge in [-0.15, -0.1) is 0 Å². The van der Waals surface area contributed by atoms with Crippen LogP contribution in [0.15, 0.2) is 12.3 Å². The van der Waals surface area contributed by atoms with Crippen molar-refractivity contribution < 1.29 is 4.79 Å². The number of hydrogen-bond acceptors (Lipinski definition) is 3. The lowest BCUT2D eigenvalue weighted by molar-refractivity contribution is -0.119. The van der Waals surface area contributed by atoms with Crippen LogP contribution in [0.1, 0.15) is 19.8 Å². The Kier molecular flexibility index (Phi) is 4.30. The van der Waals surface area contributed by atoms with Gasteiger partial charge in [-0.25, -0.2) is 0 Å². The van der Waals surface area contributed by atoms with Crippen LogP contribution in [-0.4, -0.2) is 22.2 Å². The molecule has 1 heterocycles. The van der Waals surface area contributed by atoms with Crippen molar-refractivity contribution in [2.45, 2.75) is 19.8 Å². The molecule has 0 bridgehead atoms. The molecule has 15 heavy (non-hydrogen) atoms. The molecule has 84 valence electrons. The Labute approximate surface area is 89.6 Å². The Bertz CT molecular complexity index is 321. The summed E-state index contributed by atoms with van der Waals surface area (Å²) >= 11 is 0. The van der Waals surface area contributed by atoms with Gasteiger partial charge in [-0.3, -0.25) is 9.48 Å². The van der Waals surface area contributed by atoms with Gasteiger partial charge >= 0.3 is 0 Å². The highest BCUT2D eigenvalue weighted by Crippen LogP contribution is 2.10. The number of aromatic nitrogens is 2. The van der Waals surface area contributed by atoms with Crippen LogP contribution in [0.5, 0.6) is 0 Å². The third-order valence-corrected chi connectivity index (χ3v) is 2.36. The quantitative estimate of drug-likeness (QED) is 0.752. The van der Waals surface area contributed by atoms with Gasteiger partial charge in [0.2, 0.25) is 5.91 Å². The normalized spacial score (nSPS) is 12.5. The van der Waals surface area contributed by atoms with Crippen LogP contribution in [0.4, 0.5) is 5.82 Å². The predicted octanol–water partition coefficient (Wildman–Crippen LogP) is 0.734. The highest BCUT2D eigenvalue weighted by atomic mass is 16.2. The molecule has 0 aromatic carbocycles. The maximum atomic E-state index is 11.8. The van der Waals surface area contributed by atoms with E-state index in [1.807, 2.05) is 6.92 Å². The number of carbonyl (C=O) groups excluding carboxylic acids is 1. The maximum absolute atomic E-state index is 11.8. The lowest BCUT2D eigenvalue weighted by atomic mass is 10.0. The smallest absolute Gasteiger partial charge is 0.229 e. The van der Waals surface area contributed by atoms with Crippen LogP contribution in [0, 0.1) is 5.92 Å². The number of nitrogens with zero attached hydrogens (tertiary/aromatic N) is 2. The molecule has 0 saturated heterocycles. The first-order valence-corrected chi connectivity index (χ1v) is 5.18. The zero-order valence-corrected chi connectivity index (χ0v) is 9.23. The first kappa shape index (κ1) is 11.7. The van der Waals surface area contributed by atoms with Crippen LogP contribution in [0.3, 0.4) is 0 Å². The average molecular weight is 210 g/mol. The predicted molar refractivity (Wildman–Crippen MR) is 59.3 cm³/mol. The van der Waals surface area contributed by atoms with Gasteiger partial charge in [-0.05, 0) is 6.42 Å². The summed E-state index contributed by atoms with van der Waals surface area (Å²) in [6.07, 6.45) is 3.42. The lowest BCUT2D eigenvalue weighted by Gasteiger charge is -2.13. The highest BCUT2D eigenvalue weighted by Gasteiger charge is 2.16. The molecule has 5 nitrogen and oxygen atoms in total. The van der Waals surface area contributed by atoms with Crippen LogP contribution in [0.25, 0.3) is 0 Å². The van der Waals surface area contributed by atoms with Gasteiger partial charge in [0.25, 0.3) is 0 Å². The monoisotopic (exact) mass is 210 g/mol. The number of nitrogens with one attached hydrogen (secondary N) is 1. The second-order valence-electron chi connectivity index (χ2n) is 3.55. The molecule has 1 unspecified atom stereocenters. The minimum absolute atomic E-state index is 0.0250. The number of carbonyl (C=O) groups is 1. The maximum Gasteiger partial charge on any atom is 0.229 e. The summed E-state index contributed by atoms with van der Waals surface area (Å²) in [5.74, 6) is 0.572. The molecule has 1 aromatic rings. The summed E-state index contributed by atoms with van der Waals surface area (Å²) in [7, 11) is 1.78. The zero-order valence-electron chi connectivity index (χ0n) is 9.23. The molecular formula is C10H18N4O. The van der Waals surface area contributed by atoms with Gasteiger partial charge < -0.3 is 11.1 Å². The van der Waals surface area contributed by atoms with E-state index in [-0.39, 0.29) is 11.8 Å². The topological polar surface area (TPSA) is 72.9 Å². The molecule has 1 rings (SSSR count). The second-order valence-corrected chi connectivity index (χ2v) is 3.55. The van der Waals surface area contributed by atoms with Crippen LogP contribution >= 0.6 is 0 Å². The van der Waals surface area contributed by atoms with Crippen molar-refractivity contribution in [3.8, 4) is 0 Å². The van der Waals surface area contributed by atoms with Crippen molar-refractivity contribution in [2.75, 3.05) is 11.9 Å². The third-order valence-electron chi connectivity index (χ3n) is 2.36. The van der Waals surface area contributed by atoms with E-state index in [0.717, 1.165) is 12.8 Å². The number of hydrogen-bond donors (Lipinski definition) is 2. The lowest BCUT2D eigenvalue weighted by Crippen LogP contribution is -2.29. The van der Waals surface area contributed by atoms with Gasteiger partial charge in [0, 0.05) is 19.7 Å². The van der Waals surface area contributed by atoms with Crippen molar-refractivity contribution in [1.82, 2.24) is 9.78 Å². The largest absolute Gasteiger partial charge is 0.330 e. The van der Waals surface area contributed by atoms with E-state index in [9.17, 15) is 4.79 Å². The number of amides is 1. The molecule has 0 spiro atoms. The summed E-state index contributed by atoms with van der Waals surface area (Å²) in [4.78, 5) is 11.8. The molecule has 5 heteroatoms. The van der Waals surface area contributed by atoms with Gasteiger partial charge in [-0.2, -0.15) is 5.10 Å².